The first-order chi connectivity index (χ1) is 12.9. The molecule has 2 heterocycles. The summed E-state index contributed by atoms with van der Waals surface area (Å²) < 4.78 is 33.1. The number of nitrogens with zero attached hydrogens (tertiary/aromatic N) is 3. The fraction of sp³-hybridized carbons (Fsp3) is 0.389. The molecular weight excluding hydrogens is 368 g/mol. The van der Waals surface area contributed by atoms with E-state index in [-0.39, 0.29) is 29.5 Å². The maximum atomic E-state index is 13.0. The molecule has 8 nitrogen and oxygen atoms in total. The van der Waals surface area contributed by atoms with Crippen LogP contribution in [0, 0.1) is 6.92 Å². The Morgan fingerprint density at radius 1 is 1.33 bits per heavy atom. The van der Waals surface area contributed by atoms with Crippen LogP contribution in [-0.4, -0.2) is 47.8 Å². The molecule has 0 aliphatic carbocycles. The van der Waals surface area contributed by atoms with E-state index >= 15 is 0 Å². The number of anilines is 1. The number of aryl methyl sites for hydroxylation is 1. The number of aromatic nitrogens is 2. The van der Waals surface area contributed by atoms with Crippen molar-refractivity contribution in [3.05, 3.63) is 42.2 Å². The second-order valence-electron chi connectivity index (χ2n) is 6.30. The quantitative estimate of drug-likeness (QED) is 0.809. The van der Waals surface area contributed by atoms with Gasteiger partial charge in [0.25, 0.3) is 0 Å². The Labute approximate surface area is 158 Å². The molecule has 1 fully saturated rings. The molecule has 1 aliphatic heterocycles. The molecule has 0 spiro atoms. The molecule has 1 N–H and O–H groups in total. The summed E-state index contributed by atoms with van der Waals surface area (Å²) in [6.45, 7) is 4.09. The van der Waals surface area contributed by atoms with Gasteiger partial charge < -0.3 is 10.1 Å². The van der Waals surface area contributed by atoms with E-state index in [2.05, 4.69) is 15.3 Å². The number of ether oxygens (including phenoxy) is 1. The Bertz CT molecular complexity index is 918. The summed E-state index contributed by atoms with van der Waals surface area (Å²) in [6, 6.07) is 6.74. The van der Waals surface area contributed by atoms with Gasteiger partial charge in [-0.05, 0) is 43.2 Å². The zero-order chi connectivity index (χ0) is 19.4. The highest BCUT2D eigenvalue weighted by Crippen LogP contribution is 2.27. The van der Waals surface area contributed by atoms with E-state index in [1.807, 2.05) is 0 Å². The van der Waals surface area contributed by atoms with Crippen molar-refractivity contribution in [1.82, 2.24) is 14.3 Å². The molecule has 9 heteroatoms. The normalized spacial score (nSPS) is 17.6. The minimum atomic E-state index is -3.65. The molecule has 27 heavy (non-hydrogen) atoms. The standard InChI is InChI=1S/C18H22N4O4S/c1-3-17(23)21-14-5-6-16(13(2)11-14)27(24,25)22-10-7-15(12-22)26-18-19-8-4-9-20-18/h4-6,8-9,11,15H,3,7,10,12H2,1-2H3,(H,21,23)/t15-/m1/s1. The van der Waals surface area contributed by atoms with Crippen molar-refractivity contribution in [3.8, 4) is 6.01 Å². The van der Waals surface area contributed by atoms with Crippen LogP contribution in [0.3, 0.4) is 0 Å². The Kier molecular flexibility index (Phi) is 5.71. The molecule has 2 aromatic rings. The van der Waals surface area contributed by atoms with Crippen molar-refractivity contribution in [2.45, 2.75) is 37.7 Å². The van der Waals surface area contributed by atoms with Crippen LogP contribution in [0.2, 0.25) is 0 Å². The molecule has 1 aromatic carbocycles. The molecule has 1 atom stereocenters. The summed E-state index contributed by atoms with van der Waals surface area (Å²) in [7, 11) is -3.65. The molecule has 3 rings (SSSR count). The van der Waals surface area contributed by atoms with Crippen LogP contribution in [-0.2, 0) is 14.8 Å². The van der Waals surface area contributed by atoms with Crippen LogP contribution in [0.5, 0.6) is 6.01 Å². The summed E-state index contributed by atoms with van der Waals surface area (Å²) in [5.74, 6) is -0.118. The lowest BCUT2D eigenvalue weighted by molar-refractivity contribution is -0.115. The Morgan fingerprint density at radius 2 is 2.07 bits per heavy atom. The monoisotopic (exact) mass is 390 g/mol. The molecule has 1 aromatic heterocycles. The van der Waals surface area contributed by atoms with Gasteiger partial charge in [0.1, 0.15) is 6.10 Å². The van der Waals surface area contributed by atoms with Crippen LogP contribution in [0.25, 0.3) is 0 Å². The van der Waals surface area contributed by atoms with Crippen molar-refractivity contribution < 1.29 is 17.9 Å². The van der Waals surface area contributed by atoms with Gasteiger partial charge in [0.15, 0.2) is 0 Å². The zero-order valence-electron chi connectivity index (χ0n) is 15.3. The Morgan fingerprint density at radius 3 is 2.74 bits per heavy atom. The van der Waals surface area contributed by atoms with E-state index in [1.165, 1.54) is 10.4 Å². The minimum Gasteiger partial charge on any atom is -0.459 e. The number of carbonyl (C=O) groups excluding carboxylic acids is 1. The fourth-order valence-electron chi connectivity index (χ4n) is 2.91. The fourth-order valence-corrected chi connectivity index (χ4v) is 4.60. The maximum absolute atomic E-state index is 13.0. The summed E-state index contributed by atoms with van der Waals surface area (Å²) in [4.78, 5) is 19.8. The molecular formula is C18H22N4O4S. The van der Waals surface area contributed by atoms with Gasteiger partial charge in [-0.15, -0.1) is 0 Å². The van der Waals surface area contributed by atoms with Crippen molar-refractivity contribution in [1.29, 1.82) is 0 Å². The molecule has 144 valence electrons. The van der Waals surface area contributed by atoms with Crippen LogP contribution in [0.15, 0.2) is 41.6 Å². The number of carbonyl (C=O) groups is 1. The second kappa shape index (κ2) is 8.01. The number of benzene rings is 1. The molecule has 1 saturated heterocycles. The third kappa shape index (κ3) is 4.42. The number of nitrogens with one attached hydrogen (secondary N) is 1. The van der Waals surface area contributed by atoms with Crippen LogP contribution in [0.1, 0.15) is 25.3 Å². The van der Waals surface area contributed by atoms with Crippen molar-refractivity contribution >= 4 is 21.6 Å². The van der Waals surface area contributed by atoms with Gasteiger partial charge in [-0.1, -0.05) is 6.92 Å². The largest absolute Gasteiger partial charge is 0.459 e. The smallest absolute Gasteiger partial charge is 0.316 e. The lowest BCUT2D eigenvalue weighted by atomic mass is 10.2. The molecule has 1 aliphatic rings. The van der Waals surface area contributed by atoms with Crippen LogP contribution >= 0.6 is 0 Å². The highest BCUT2D eigenvalue weighted by Gasteiger charge is 2.34. The van der Waals surface area contributed by atoms with Gasteiger partial charge >= 0.3 is 6.01 Å². The molecule has 0 bridgehead atoms. The Balaban J connectivity index is 1.72. The van der Waals surface area contributed by atoms with Crippen molar-refractivity contribution in [3.63, 3.8) is 0 Å². The van der Waals surface area contributed by atoms with Crippen LogP contribution < -0.4 is 10.1 Å². The molecule has 1 amide bonds. The third-order valence-corrected chi connectivity index (χ3v) is 6.34. The van der Waals surface area contributed by atoms with Crippen molar-refractivity contribution in [2.75, 3.05) is 18.4 Å². The van der Waals surface area contributed by atoms with Gasteiger partial charge in [-0.2, -0.15) is 4.31 Å². The van der Waals surface area contributed by atoms with Crippen LogP contribution in [0.4, 0.5) is 5.69 Å². The van der Waals surface area contributed by atoms with Gasteiger partial charge in [0.2, 0.25) is 15.9 Å². The number of hydrogen-bond acceptors (Lipinski definition) is 6. The van der Waals surface area contributed by atoms with Gasteiger partial charge in [0, 0.05) is 31.0 Å². The molecule has 0 unspecified atom stereocenters. The first-order valence-electron chi connectivity index (χ1n) is 8.74. The molecule has 0 saturated carbocycles. The number of hydrogen-bond donors (Lipinski definition) is 1. The predicted octanol–water partition coefficient (Wildman–Crippen LogP) is 1.98. The highest BCUT2D eigenvalue weighted by atomic mass is 32.2. The summed E-state index contributed by atoms with van der Waals surface area (Å²) >= 11 is 0. The van der Waals surface area contributed by atoms with Gasteiger partial charge in [-0.25, -0.2) is 18.4 Å². The number of sulfonamides is 1. The highest BCUT2D eigenvalue weighted by molar-refractivity contribution is 7.89. The zero-order valence-corrected chi connectivity index (χ0v) is 16.1. The SMILES string of the molecule is CCC(=O)Nc1ccc(S(=O)(=O)N2CC[C@@H](Oc3ncccn3)C2)c(C)c1. The number of rotatable bonds is 6. The third-order valence-electron chi connectivity index (χ3n) is 4.32. The molecule has 0 radical (unpaired) electrons. The van der Waals surface area contributed by atoms with E-state index < -0.39 is 10.0 Å². The summed E-state index contributed by atoms with van der Waals surface area (Å²) in [5.41, 5.74) is 1.17. The lowest BCUT2D eigenvalue weighted by Crippen LogP contribution is -2.31. The van der Waals surface area contributed by atoms with E-state index in [9.17, 15) is 13.2 Å². The van der Waals surface area contributed by atoms with Crippen molar-refractivity contribution in [2.24, 2.45) is 0 Å². The average molecular weight is 390 g/mol. The first kappa shape index (κ1) is 19.2. The Hall–Kier alpha value is -2.52. The minimum absolute atomic E-state index is 0.118. The maximum Gasteiger partial charge on any atom is 0.316 e. The number of amides is 1. The van der Waals surface area contributed by atoms with Gasteiger partial charge in [-0.3, -0.25) is 4.79 Å². The lowest BCUT2D eigenvalue weighted by Gasteiger charge is -2.18. The topological polar surface area (TPSA) is 101 Å². The average Bonchev–Trinajstić information content (AvgIpc) is 3.11. The second-order valence-corrected chi connectivity index (χ2v) is 8.21. The van der Waals surface area contributed by atoms with E-state index in [4.69, 9.17) is 4.74 Å². The van der Waals surface area contributed by atoms with E-state index in [0.29, 0.717) is 30.6 Å². The van der Waals surface area contributed by atoms with E-state index in [0.717, 1.165) is 0 Å². The van der Waals surface area contributed by atoms with Gasteiger partial charge in [0.05, 0.1) is 11.4 Å². The summed E-state index contributed by atoms with van der Waals surface area (Å²) in [5, 5.41) is 2.73. The van der Waals surface area contributed by atoms with E-state index in [1.54, 1.807) is 44.4 Å². The predicted molar refractivity (Wildman–Crippen MR) is 99.9 cm³/mol. The first-order valence-corrected chi connectivity index (χ1v) is 10.2. The summed E-state index contributed by atoms with van der Waals surface area (Å²) in [6.07, 6.45) is 3.80.